The van der Waals surface area contributed by atoms with Crippen LogP contribution in [0.5, 0.6) is 5.75 Å². The first-order valence-electron chi connectivity index (χ1n) is 11.1. The number of nitrogen functional groups attached to an aromatic ring is 1. The number of nitrogens with two attached hydrogens (primary N) is 1. The number of rotatable bonds is 5. The molecule has 0 unspecified atom stereocenters. The molecule has 2 N–H and O–H groups in total. The summed E-state index contributed by atoms with van der Waals surface area (Å²) in [6, 6.07) is 25.4. The highest BCUT2D eigenvalue weighted by atomic mass is 16.5. The van der Waals surface area contributed by atoms with Gasteiger partial charge in [0, 0.05) is 40.8 Å². The lowest BCUT2D eigenvalue weighted by Gasteiger charge is -2.22. The molecular weight excluding hydrogens is 394 g/mol. The van der Waals surface area contributed by atoms with Gasteiger partial charge >= 0.3 is 0 Å². The Kier molecular flexibility index (Phi) is 5.06. The van der Waals surface area contributed by atoms with Gasteiger partial charge in [0.15, 0.2) is 0 Å². The first-order chi connectivity index (χ1) is 15.6. The highest BCUT2D eigenvalue weighted by molar-refractivity contribution is 6.11. The number of aromatic nitrogens is 1. The van der Waals surface area contributed by atoms with Gasteiger partial charge in [0.1, 0.15) is 5.75 Å². The first kappa shape index (κ1) is 20.1. The number of ether oxygens (including phenoxy) is 1. The van der Waals surface area contributed by atoms with Crippen LogP contribution >= 0.6 is 0 Å². The van der Waals surface area contributed by atoms with E-state index in [9.17, 15) is 0 Å². The second kappa shape index (κ2) is 8.04. The van der Waals surface area contributed by atoms with Crippen molar-refractivity contribution in [2.45, 2.75) is 13.8 Å². The minimum absolute atomic E-state index is 0.723. The Hall–Kier alpha value is -3.79. The molecule has 0 saturated carbocycles. The molecule has 1 heterocycles. The van der Waals surface area contributed by atoms with Crippen LogP contribution in [-0.2, 0) is 0 Å². The lowest BCUT2D eigenvalue weighted by atomic mass is 9.94. The molecule has 32 heavy (non-hydrogen) atoms. The van der Waals surface area contributed by atoms with Gasteiger partial charge in [-0.15, -0.1) is 0 Å². The van der Waals surface area contributed by atoms with E-state index in [-0.39, 0.29) is 0 Å². The summed E-state index contributed by atoms with van der Waals surface area (Å²) in [7, 11) is 1.70. The summed E-state index contributed by atoms with van der Waals surface area (Å²) in [5.41, 5.74) is 12.3. The fourth-order valence-corrected chi connectivity index (χ4v) is 4.55. The van der Waals surface area contributed by atoms with E-state index in [1.807, 2.05) is 18.2 Å². The predicted octanol–water partition coefficient (Wildman–Crippen LogP) is 6.65. The Labute approximate surface area is 188 Å². The smallest absolute Gasteiger partial charge is 0.119 e. The molecule has 0 fully saturated rings. The third-order valence-corrected chi connectivity index (χ3v) is 6.25. The Bertz CT molecular complexity index is 1450. The van der Waals surface area contributed by atoms with E-state index < -0.39 is 0 Å². The highest BCUT2D eigenvalue weighted by Crippen LogP contribution is 2.38. The Morgan fingerprint density at radius 2 is 1.47 bits per heavy atom. The maximum absolute atomic E-state index is 6.12. The molecular formula is C28H27N3O. The number of methoxy groups -OCH3 is 1. The van der Waals surface area contributed by atoms with E-state index in [1.165, 1.54) is 22.2 Å². The van der Waals surface area contributed by atoms with Crippen molar-refractivity contribution in [3.05, 3.63) is 72.8 Å². The lowest BCUT2D eigenvalue weighted by Crippen LogP contribution is -2.21. The second-order valence-corrected chi connectivity index (χ2v) is 8.06. The minimum atomic E-state index is 0.723. The molecule has 1 aromatic heterocycles. The molecule has 4 heteroatoms. The molecule has 0 radical (unpaired) electrons. The van der Waals surface area contributed by atoms with E-state index in [4.69, 9.17) is 15.5 Å². The molecule has 0 spiro atoms. The average molecular weight is 422 g/mol. The summed E-state index contributed by atoms with van der Waals surface area (Å²) in [6.45, 7) is 6.28. The molecule has 5 rings (SSSR count). The topological polar surface area (TPSA) is 51.4 Å². The Morgan fingerprint density at radius 1 is 0.781 bits per heavy atom. The molecule has 0 bridgehead atoms. The SMILES string of the molecule is CCN(CC)c1ccc2c(-c3ccc4cc(OC)ccc4c3)c3ccc(N)cc3nc2c1. The summed E-state index contributed by atoms with van der Waals surface area (Å²) in [6.07, 6.45) is 0. The van der Waals surface area contributed by atoms with Crippen molar-refractivity contribution < 1.29 is 4.74 Å². The van der Waals surface area contributed by atoms with Crippen LogP contribution in [0.4, 0.5) is 11.4 Å². The van der Waals surface area contributed by atoms with E-state index in [2.05, 4.69) is 73.3 Å². The highest BCUT2D eigenvalue weighted by Gasteiger charge is 2.14. The Morgan fingerprint density at radius 3 is 2.22 bits per heavy atom. The number of hydrogen-bond donors (Lipinski definition) is 1. The molecule has 0 aliphatic heterocycles. The van der Waals surface area contributed by atoms with E-state index in [0.29, 0.717) is 0 Å². The molecule has 160 valence electrons. The standard InChI is InChI=1S/C28H27N3O/c1-4-31(5-2)22-10-13-25-27(17-22)30-26-16-21(29)9-12-24(26)28(25)20-7-6-19-15-23(32-3)11-8-18(19)14-20/h6-17H,4-5,29H2,1-3H3. The van der Waals surface area contributed by atoms with Crippen LogP contribution in [0.25, 0.3) is 43.7 Å². The van der Waals surface area contributed by atoms with Crippen LogP contribution in [0.15, 0.2) is 72.8 Å². The minimum Gasteiger partial charge on any atom is -0.497 e. The zero-order chi connectivity index (χ0) is 22.2. The van der Waals surface area contributed by atoms with Gasteiger partial charge in [0.05, 0.1) is 18.1 Å². The van der Waals surface area contributed by atoms with Crippen molar-refractivity contribution in [3.63, 3.8) is 0 Å². The van der Waals surface area contributed by atoms with Gasteiger partial charge in [-0.25, -0.2) is 4.98 Å². The predicted molar refractivity (Wildman–Crippen MR) is 137 cm³/mol. The average Bonchev–Trinajstić information content (AvgIpc) is 2.82. The van der Waals surface area contributed by atoms with Gasteiger partial charge in [-0.3, -0.25) is 0 Å². The maximum Gasteiger partial charge on any atom is 0.119 e. The van der Waals surface area contributed by atoms with Crippen LogP contribution in [-0.4, -0.2) is 25.2 Å². The molecule has 0 saturated heterocycles. The second-order valence-electron chi connectivity index (χ2n) is 8.06. The summed E-state index contributed by atoms with van der Waals surface area (Å²) in [5.74, 6) is 0.865. The fourth-order valence-electron chi connectivity index (χ4n) is 4.55. The van der Waals surface area contributed by atoms with Crippen LogP contribution in [0.1, 0.15) is 13.8 Å². The molecule has 0 amide bonds. The number of hydrogen-bond acceptors (Lipinski definition) is 4. The lowest BCUT2D eigenvalue weighted by molar-refractivity contribution is 0.415. The van der Waals surface area contributed by atoms with Crippen LogP contribution in [0.3, 0.4) is 0 Å². The van der Waals surface area contributed by atoms with Gasteiger partial charge in [0.25, 0.3) is 0 Å². The molecule has 0 aliphatic rings. The first-order valence-corrected chi connectivity index (χ1v) is 11.1. The van der Waals surface area contributed by atoms with E-state index >= 15 is 0 Å². The van der Waals surface area contributed by atoms with Crippen molar-refractivity contribution in [3.8, 4) is 16.9 Å². The molecule has 0 aliphatic carbocycles. The van der Waals surface area contributed by atoms with Crippen molar-refractivity contribution >= 4 is 44.0 Å². The number of benzene rings is 4. The summed E-state index contributed by atoms with van der Waals surface area (Å²) in [5, 5.41) is 4.58. The van der Waals surface area contributed by atoms with Gasteiger partial charge < -0.3 is 15.4 Å². The summed E-state index contributed by atoms with van der Waals surface area (Å²) in [4.78, 5) is 7.34. The third kappa shape index (κ3) is 3.38. The number of fused-ring (bicyclic) bond motifs is 3. The largest absolute Gasteiger partial charge is 0.497 e. The molecule has 4 nitrogen and oxygen atoms in total. The maximum atomic E-state index is 6.12. The zero-order valence-corrected chi connectivity index (χ0v) is 18.7. The molecule has 4 aromatic carbocycles. The van der Waals surface area contributed by atoms with E-state index in [0.717, 1.165) is 51.7 Å². The van der Waals surface area contributed by atoms with Crippen molar-refractivity contribution in [2.24, 2.45) is 0 Å². The summed E-state index contributed by atoms with van der Waals surface area (Å²) < 4.78 is 5.39. The quantitative estimate of drug-likeness (QED) is 0.255. The van der Waals surface area contributed by atoms with Crippen molar-refractivity contribution in [2.75, 3.05) is 30.8 Å². The van der Waals surface area contributed by atoms with E-state index in [1.54, 1.807) is 7.11 Å². The van der Waals surface area contributed by atoms with Gasteiger partial charge in [0.2, 0.25) is 0 Å². The normalized spacial score (nSPS) is 11.3. The number of pyridine rings is 1. The monoisotopic (exact) mass is 421 g/mol. The molecule has 5 aromatic rings. The number of nitrogens with zero attached hydrogens (tertiary/aromatic N) is 2. The van der Waals surface area contributed by atoms with Crippen LogP contribution in [0, 0.1) is 0 Å². The molecule has 0 atom stereocenters. The number of anilines is 2. The zero-order valence-electron chi connectivity index (χ0n) is 18.7. The fraction of sp³-hybridized carbons (Fsp3) is 0.179. The van der Waals surface area contributed by atoms with Gasteiger partial charge in [-0.1, -0.05) is 30.3 Å². The van der Waals surface area contributed by atoms with Crippen LogP contribution in [0.2, 0.25) is 0 Å². The van der Waals surface area contributed by atoms with Gasteiger partial charge in [-0.05, 0) is 72.6 Å². The van der Waals surface area contributed by atoms with Gasteiger partial charge in [-0.2, -0.15) is 0 Å². The van der Waals surface area contributed by atoms with Crippen molar-refractivity contribution in [1.82, 2.24) is 4.98 Å². The van der Waals surface area contributed by atoms with Crippen molar-refractivity contribution in [1.29, 1.82) is 0 Å². The Balaban J connectivity index is 1.80. The van der Waals surface area contributed by atoms with Crippen LogP contribution < -0.4 is 15.4 Å². The third-order valence-electron chi connectivity index (χ3n) is 6.25. The summed E-state index contributed by atoms with van der Waals surface area (Å²) >= 11 is 0.